The number of hydrogen-bond donors (Lipinski definition) is 1. The number of ether oxygens (including phenoxy) is 2. The summed E-state index contributed by atoms with van der Waals surface area (Å²) in [7, 11) is 1.74. The van der Waals surface area contributed by atoms with Gasteiger partial charge in [0.05, 0.1) is 19.3 Å². The van der Waals surface area contributed by atoms with E-state index < -0.39 is 0 Å². The highest BCUT2D eigenvalue weighted by molar-refractivity contribution is 5.58. The van der Waals surface area contributed by atoms with Gasteiger partial charge in [-0.15, -0.1) is 0 Å². The molecule has 2 aliphatic rings. The number of methoxy groups -OCH3 is 1. The fraction of sp³-hybridized carbons (Fsp3) is 0.368. The van der Waals surface area contributed by atoms with Crippen LogP contribution in [-0.4, -0.2) is 13.7 Å². The molecule has 1 N–H and O–H groups in total. The highest BCUT2D eigenvalue weighted by Gasteiger charge is 2.40. The van der Waals surface area contributed by atoms with Crippen LogP contribution in [0.15, 0.2) is 48.5 Å². The molecule has 2 heterocycles. The summed E-state index contributed by atoms with van der Waals surface area (Å²) in [5, 5.41) is 3.73. The van der Waals surface area contributed by atoms with Crippen molar-refractivity contribution in [2.24, 2.45) is 5.92 Å². The molecule has 0 spiro atoms. The van der Waals surface area contributed by atoms with Gasteiger partial charge in [0.25, 0.3) is 0 Å². The van der Waals surface area contributed by atoms with Crippen LogP contribution in [0, 0.1) is 5.92 Å². The molecule has 114 valence electrons. The van der Waals surface area contributed by atoms with Crippen LogP contribution in [0.2, 0.25) is 0 Å². The topological polar surface area (TPSA) is 30.5 Å². The van der Waals surface area contributed by atoms with Crippen molar-refractivity contribution in [3.63, 3.8) is 0 Å². The van der Waals surface area contributed by atoms with Crippen molar-refractivity contribution in [2.75, 3.05) is 19.0 Å². The zero-order valence-corrected chi connectivity index (χ0v) is 12.8. The summed E-state index contributed by atoms with van der Waals surface area (Å²) in [6, 6.07) is 17.0. The largest absolute Gasteiger partial charge is 0.496 e. The van der Waals surface area contributed by atoms with Gasteiger partial charge < -0.3 is 14.8 Å². The van der Waals surface area contributed by atoms with Gasteiger partial charge in [0, 0.05) is 29.3 Å². The second-order valence-electron chi connectivity index (χ2n) is 6.05. The van der Waals surface area contributed by atoms with E-state index in [2.05, 4.69) is 41.7 Å². The van der Waals surface area contributed by atoms with Crippen molar-refractivity contribution in [2.45, 2.75) is 25.0 Å². The summed E-state index contributed by atoms with van der Waals surface area (Å²) in [5.41, 5.74) is 3.69. The molecule has 3 atom stereocenters. The quantitative estimate of drug-likeness (QED) is 0.894. The first-order valence-electron chi connectivity index (χ1n) is 7.98. The van der Waals surface area contributed by atoms with Crippen LogP contribution in [-0.2, 0) is 4.74 Å². The first kappa shape index (κ1) is 13.6. The number of anilines is 1. The molecule has 0 radical (unpaired) electrons. The third kappa shape index (κ3) is 2.17. The summed E-state index contributed by atoms with van der Waals surface area (Å²) in [4.78, 5) is 0. The summed E-state index contributed by atoms with van der Waals surface area (Å²) >= 11 is 0. The SMILES string of the molecule is COc1ccccc1[C@H]1Nc2ccccc2[C@@H]2OCCC[C@H]12. The Labute approximate surface area is 131 Å². The minimum Gasteiger partial charge on any atom is -0.496 e. The molecule has 2 aliphatic heterocycles. The van der Waals surface area contributed by atoms with Gasteiger partial charge in [0.2, 0.25) is 0 Å². The Hall–Kier alpha value is -2.00. The van der Waals surface area contributed by atoms with E-state index in [0.29, 0.717) is 5.92 Å². The molecule has 0 bridgehead atoms. The van der Waals surface area contributed by atoms with Crippen molar-refractivity contribution in [3.8, 4) is 5.75 Å². The molecule has 0 aliphatic carbocycles. The highest BCUT2D eigenvalue weighted by Crippen LogP contribution is 2.50. The Kier molecular flexibility index (Phi) is 3.51. The maximum absolute atomic E-state index is 6.15. The third-order valence-corrected chi connectivity index (χ3v) is 4.85. The molecule has 2 aromatic carbocycles. The average molecular weight is 295 g/mol. The monoisotopic (exact) mass is 295 g/mol. The molecular formula is C19H21NO2. The van der Waals surface area contributed by atoms with Gasteiger partial charge >= 0.3 is 0 Å². The second kappa shape index (κ2) is 5.65. The highest BCUT2D eigenvalue weighted by atomic mass is 16.5. The number of rotatable bonds is 2. The molecule has 3 nitrogen and oxygen atoms in total. The van der Waals surface area contributed by atoms with Crippen LogP contribution >= 0.6 is 0 Å². The molecule has 0 amide bonds. The molecule has 1 saturated heterocycles. The maximum Gasteiger partial charge on any atom is 0.124 e. The van der Waals surface area contributed by atoms with Gasteiger partial charge in [-0.25, -0.2) is 0 Å². The van der Waals surface area contributed by atoms with Crippen LogP contribution < -0.4 is 10.1 Å². The predicted octanol–water partition coefficient (Wildman–Crippen LogP) is 4.33. The minimum absolute atomic E-state index is 0.182. The Morgan fingerprint density at radius 2 is 1.82 bits per heavy atom. The van der Waals surface area contributed by atoms with E-state index in [-0.39, 0.29) is 12.1 Å². The summed E-state index contributed by atoms with van der Waals surface area (Å²) in [6.07, 6.45) is 2.48. The Bertz CT molecular complexity index is 670. The number of hydrogen-bond acceptors (Lipinski definition) is 3. The standard InChI is InChI=1S/C19H21NO2/c1-21-17-11-5-3-8-14(17)18-15-9-6-12-22-19(15)13-7-2-4-10-16(13)20-18/h2-5,7-8,10-11,15,18-20H,6,9,12H2,1H3/t15-,18-,19+/m1/s1. The van der Waals surface area contributed by atoms with Crippen molar-refractivity contribution in [1.82, 2.24) is 0 Å². The molecule has 22 heavy (non-hydrogen) atoms. The lowest BCUT2D eigenvalue weighted by molar-refractivity contribution is -0.0383. The lowest BCUT2D eigenvalue weighted by Gasteiger charge is -2.43. The molecule has 2 aromatic rings. The summed E-state index contributed by atoms with van der Waals surface area (Å²) in [6.45, 7) is 0.855. The maximum atomic E-state index is 6.15. The van der Waals surface area contributed by atoms with Crippen LogP contribution in [0.1, 0.15) is 36.1 Å². The third-order valence-electron chi connectivity index (χ3n) is 4.85. The van der Waals surface area contributed by atoms with Crippen molar-refractivity contribution in [1.29, 1.82) is 0 Å². The van der Waals surface area contributed by atoms with Crippen LogP contribution in [0.4, 0.5) is 5.69 Å². The zero-order chi connectivity index (χ0) is 14.9. The van der Waals surface area contributed by atoms with Crippen LogP contribution in [0.3, 0.4) is 0 Å². The van der Waals surface area contributed by atoms with E-state index in [4.69, 9.17) is 9.47 Å². The van der Waals surface area contributed by atoms with Gasteiger partial charge in [-0.2, -0.15) is 0 Å². The second-order valence-corrected chi connectivity index (χ2v) is 6.05. The van der Waals surface area contributed by atoms with Gasteiger partial charge in [0.1, 0.15) is 5.75 Å². The molecular weight excluding hydrogens is 274 g/mol. The molecule has 3 heteroatoms. The van der Waals surface area contributed by atoms with Gasteiger partial charge in [0.15, 0.2) is 0 Å². The van der Waals surface area contributed by atoms with Crippen molar-refractivity contribution in [3.05, 3.63) is 59.7 Å². The average Bonchev–Trinajstić information content (AvgIpc) is 2.61. The molecule has 0 unspecified atom stereocenters. The fourth-order valence-corrected chi connectivity index (χ4v) is 3.85. The van der Waals surface area contributed by atoms with Crippen LogP contribution in [0.5, 0.6) is 5.75 Å². The van der Waals surface area contributed by atoms with Crippen molar-refractivity contribution < 1.29 is 9.47 Å². The Morgan fingerprint density at radius 3 is 2.68 bits per heavy atom. The van der Waals surface area contributed by atoms with Gasteiger partial charge in [-0.05, 0) is 25.0 Å². The van der Waals surface area contributed by atoms with E-state index in [9.17, 15) is 0 Å². The summed E-state index contributed by atoms with van der Waals surface area (Å²) < 4.78 is 11.7. The number of benzene rings is 2. The number of fused-ring (bicyclic) bond motifs is 3. The number of para-hydroxylation sites is 2. The lowest BCUT2D eigenvalue weighted by Crippen LogP contribution is -2.36. The van der Waals surface area contributed by atoms with E-state index in [1.807, 2.05) is 12.1 Å². The Balaban J connectivity index is 1.80. The molecule has 0 saturated carbocycles. The minimum atomic E-state index is 0.182. The first-order chi connectivity index (χ1) is 10.9. The normalized spacial score (nSPS) is 26.5. The van der Waals surface area contributed by atoms with E-state index in [1.54, 1.807) is 7.11 Å². The van der Waals surface area contributed by atoms with E-state index in [0.717, 1.165) is 18.8 Å². The van der Waals surface area contributed by atoms with Crippen LogP contribution in [0.25, 0.3) is 0 Å². The van der Waals surface area contributed by atoms with Crippen molar-refractivity contribution >= 4 is 5.69 Å². The number of nitrogens with one attached hydrogen (secondary N) is 1. The van der Waals surface area contributed by atoms with E-state index in [1.165, 1.54) is 23.2 Å². The smallest absolute Gasteiger partial charge is 0.124 e. The predicted molar refractivity (Wildman–Crippen MR) is 87.2 cm³/mol. The first-order valence-corrected chi connectivity index (χ1v) is 7.98. The Morgan fingerprint density at radius 1 is 1.05 bits per heavy atom. The van der Waals surface area contributed by atoms with Gasteiger partial charge in [-0.3, -0.25) is 0 Å². The molecule has 4 rings (SSSR count). The van der Waals surface area contributed by atoms with Gasteiger partial charge in [-0.1, -0.05) is 36.4 Å². The fourth-order valence-electron chi connectivity index (χ4n) is 3.85. The van der Waals surface area contributed by atoms with E-state index >= 15 is 0 Å². The zero-order valence-electron chi connectivity index (χ0n) is 12.8. The lowest BCUT2D eigenvalue weighted by atomic mass is 9.77. The summed E-state index contributed by atoms with van der Waals surface area (Å²) in [5.74, 6) is 1.39. The molecule has 1 fully saturated rings. The molecule has 0 aromatic heterocycles.